The number of allylic oxidation sites excluding steroid dienone is 3. The van der Waals surface area contributed by atoms with Gasteiger partial charge in [0.2, 0.25) is 0 Å². The minimum Gasteiger partial charge on any atom is -0.390 e. The Morgan fingerprint density at radius 1 is 1.30 bits per heavy atom. The van der Waals surface area contributed by atoms with Crippen LogP contribution in [-0.4, -0.2) is 21.9 Å². The van der Waals surface area contributed by atoms with E-state index in [1.807, 2.05) is 13.8 Å². The Balaban J connectivity index is 1.93. The summed E-state index contributed by atoms with van der Waals surface area (Å²) in [5, 5.41) is 20.6. The molecule has 20 heavy (non-hydrogen) atoms. The van der Waals surface area contributed by atoms with Crippen molar-refractivity contribution in [3.63, 3.8) is 0 Å². The molecule has 3 aliphatic rings. The van der Waals surface area contributed by atoms with E-state index in [0.717, 1.165) is 38.5 Å². The van der Waals surface area contributed by atoms with Crippen LogP contribution in [0.3, 0.4) is 0 Å². The van der Waals surface area contributed by atoms with Crippen LogP contribution >= 0.6 is 0 Å². The lowest BCUT2D eigenvalue weighted by atomic mass is 9.52. The Bertz CT molecular complexity index is 470. The van der Waals surface area contributed by atoms with Crippen LogP contribution in [0.15, 0.2) is 22.8 Å². The normalized spacial score (nSPS) is 42.6. The second kappa shape index (κ2) is 4.71. The lowest BCUT2D eigenvalue weighted by molar-refractivity contribution is -0.0906. The molecule has 3 aliphatic carbocycles. The average molecular weight is 276 g/mol. The van der Waals surface area contributed by atoms with E-state index in [-0.39, 0.29) is 11.5 Å². The lowest BCUT2D eigenvalue weighted by Gasteiger charge is -2.55. The number of fused-ring (bicyclic) bond motifs is 2. The van der Waals surface area contributed by atoms with Gasteiger partial charge in [-0.05, 0) is 75.7 Å². The predicted octanol–water partition coefficient (Wildman–Crippen LogP) is 3.74. The molecule has 0 heterocycles. The number of aliphatic hydroxyl groups is 2. The summed E-state index contributed by atoms with van der Waals surface area (Å²) in [7, 11) is 0. The van der Waals surface area contributed by atoms with Gasteiger partial charge in [-0.2, -0.15) is 0 Å². The molecule has 2 N–H and O–H groups in total. The molecule has 0 aromatic heterocycles. The standard InChI is InChI=1S/C18H28O2/c1-12(19)13-5-7-15-14(11-13)6-8-16-17(15,2)9-4-10-18(16,3)20/h5,12,16,19-20H,4,6-11H2,1-3H3/t12?,16?,17-,18-/m1/s1. The third-order valence-corrected chi connectivity index (χ3v) is 6.27. The number of rotatable bonds is 1. The molecular weight excluding hydrogens is 248 g/mol. The summed E-state index contributed by atoms with van der Waals surface area (Å²) in [4.78, 5) is 0. The quantitative estimate of drug-likeness (QED) is 0.716. The topological polar surface area (TPSA) is 40.5 Å². The molecule has 1 saturated carbocycles. The van der Waals surface area contributed by atoms with Gasteiger partial charge in [-0.1, -0.05) is 24.1 Å². The lowest BCUT2D eigenvalue weighted by Crippen LogP contribution is -2.51. The predicted molar refractivity (Wildman–Crippen MR) is 81.3 cm³/mol. The van der Waals surface area contributed by atoms with Crippen molar-refractivity contribution in [1.82, 2.24) is 0 Å². The monoisotopic (exact) mass is 276 g/mol. The molecule has 4 atom stereocenters. The Kier molecular flexibility index (Phi) is 3.38. The van der Waals surface area contributed by atoms with Crippen molar-refractivity contribution in [2.75, 3.05) is 0 Å². The van der Waals surface area contributed by atoms with Crippen molar-refractivity contribution < 1.29 is 10.2 Å². The summed E-state index contributed by atoms with van der Waals surface area (Å²) in [6.45, 7) is 6.29. The Hall–Kier alpha value is -0.600. The maximum absolute atomic E-state index is 10.8. The van der Waals surface area contributed by atoms with Crippen LogP contribution in [0.5, 0.6) is 0 Å². The van der Waals surface area contributed by atoms with Gasteiger partial charge in [0.05, 0.1) is 11.7 Å². The molecular formula is C18H28O2. The fourth-order valence-corrected chi connectivity index (χ4v) is 5.15. The van der Waals surface area contributed by atoms with Gasteiger partial charge < -0.3 is 10.2 Å². The highest BCUT2D eigenvalue weighted by Crippen LogP contribution is 2.58. The molecule has 0 saturated heterocycles. The van der Waals surface area contributed by atoms with Crippen molar-refractivity contribution in [1.29, 1.82) is 0 Å². The van der Waals surface area contributed by atoms with Crippen molar-refractivity contribution in [2.24, 2.45) is 11.3 Å². The summed E-state index contributed by atoms with van der Waals surface area (Å²) in [6.07, 6.45) is 9.37. The van der Waals surface area contributed by atoms with Gasteiger partial charge >= 0.3 is 0 Å². The second-order valence-electron chi connectivity index (χ2n) is 7.64. The van der Waals surface area contributed by atoms with E-state index in [4.69, 9.17) is 0 Å². The van der Waals surface area contributed by atoms with Crippen LogP contribution in [0.25, 0.3) is 0 Å². The highest BCUT2D eigenvalue weighted by Gasteiger charge is 2.51. The van der Waals surface area contributed by atoms with Crippen LogP contribution in [0.4, 0.5) is 0 Å². The largest absolute Gasteiger partial charge is 0.390 e. The zero-order valence-electron chi connectivity index (χ0n) is 13.1. The first-order valence-electron chi connectivity index (χ1n) is 8.15. The molecule has 0 spiro atoms. The first-order chi connectivity index (χ1) is 9.34. The van der Waals surface area contributed by atoms with Crippen LogP contribution in [0, 0.1) is 11.3 Å². The van der Waals surface area contributed by atoms with Crippen LogP contribution in [-0.2, 0) is 0 Å². The minimum atomic E-state index is -0.500. The van der Waals surface area contributed by atoms with Gasteiger partial charge in [-0.25, -0.2) is 0 Å². The zero-order chi connectivity index (χ0) is 14.5. The maximum atomic E-state index is 10.8. The number of hydrogen-bond donors (Lipinski definition) is 2. The van der Waals surface area contributed by atoms with Gasteiger partial charge in [0.15, 0.2) is 0 Å². The van der Waals surface area contributed by atoms with Crippen molar-refractivity contribution >= 4 is 0 Å². The van der Waals surface area contributed by atoms with Gasteiger partial charge in [0.1, 0.15) is 0 Å². The smallest absolute Gasteiger partial charge is 0.0725 e. The van der Waals surface area contributed by atoms with Gasteiger partial charge in [0.25, 0.3) is 0 Å². The van der Waals surface area contributed by atoms with Crippen LogP contribution in [0.1, 0.15) is 65.7 Å². The molecule has 0 aromatic carbocycles. The molecule has 3 rings (SSSR count). The van der Waals surface area contributed by atoms with E-state index >= 15 is 0 Å². The molecule has 2 nitrogen and oxygen atoms in total. The van der Waals surface area contributed by atoms with Gasteiger partial charge in [0, 0.05) is 0 Å². The van der Waals surface area contributed by atoms with Crippen molar-refractivity contribution in [3.05, 3.63) is 22.8 Å². The molecule has 0 bridgehead atoms. The van der Waals surface area contributed by atoms with Crippen molar-refractivity contribution in [3.8, 4) is 0 Å². The van der Waals surface area contributed by atoms with E-state index < -0.39 is 5.60 Å². The summed E-state index contributed by atoms with van der Waals surface area (Å²) in [6, 6.07) is 0. The molecule has 0 radical (unpaired) electrons. The molecule has 2 heteroatoms. The highest BCUT2D eigenvalue weighted by atomic mass is 16.3. The first-order valence-corrected chi connectivity index (χ1v) is 8.15. The average Bonchev–Trinajstić information content (AvgIpc) is 2.37. The van der Waals surface area contributed by atoms with E-state index in [2.05, 4.69) is 13.0 Å². The van der Waals surface area contributed by atoms with Gasteiger partial charge in [-0.15, -0.1) is 0 Å². The van der Waals surface area contributed by atoms with E-state index in [1.54, 1.807) is 11.1 Å². The maximum Gasteiger partial charge on any atom is 0.0725 e. The summed E-state index contributed by atoms with van der Waals surface area (Å²) < 4.78 is 0. The summed E-state index contributed by atoms with van der Waals surface area (Å²) in [5.41, 5.74) is 4.00. The minimum absolute atomic E-state index is 0.177. The van der Waals surface area contributed by atoms with Crippen molar-refractivity contribution in [2.45, 2.75) is 77.4 Å². The fraction of sp³-hybridized carbons (Fsp3) is 0.778. The molecule has 2 unspecified atom stereocenters. The van der Waals surface area contributed by atoms with E-state index in [0.29, 0.717) is 5.92 Å². The molecule has 112 valence electrons. The SMILES string of the molecule is CC(O)C1=CCC2=C(CCC3[C@](C)(O)CCC[C@]23C)C1. The van der Waals surface area contributed by atoms with Crippen LogP contribution in [0.2, 0.25) is 0 Å². The fourth-order valence-electron chi connectivity index (χ4n) is 5.15. The van der Waals surface area contributed by atoms with Gasteiger partial charge in [-0.3, -0.25) is 0 Å². The zero-order valence-corrected chi connectivity index (χ0v) is 13.1. The third-order valence-electron chi connectivity index (χ3n) is 6.27. The first kappa shape index (κ1) is 14.3. The molecule has 0 amide bonds. The molecule has 1 fully saturated rings. The summed E-state index contributed by atoms with van der Waals surface area (Å²) in [5.74, 6) is 0.406. The third kappa shape index (κ3) is 2.08. The Morgan fingerprint density at radius 2 is 2.05 bits per heavy atom. The van der Waals surface area contributed by atoms with Crippen LogP contribution < -0.4 is 0 Å². The molecule has 0 aromatic rings. The molecule has 0 aliphatic heterocycles. The number of aliphatic hydroxyl groups excluding tert-OH is 1. The summed E-state index contributed by atoms with van der Waals surface area (Å²) >= 11 is 0. The Labute approximate surface area is 122 Å². The van der Waals surface area contributed by atoms with E-state index in [9.17, 15) is 10.2 Å². The highest BCUT2D eigenvalue weighted by molar-refractivity contribution is 5.38. The number of hydrogen-bond acceptors (Lipinski definition) is 2. The van der Waals surface area contributed by atoms with E-state index in [1.165, 1.54) is 12.0 Å². The second-order valence-corrected chi connectivity index (χ2v) is 7.64. The Morgan fingerprint density at radius 3 is 2.75 bits per heavy atom.